The number of nitrogens with zero attached hydrogens (tertiary/aromatic N) is 2. The van der Waals surface area contributed by atoms with Crippen LogP contribution in [0.3, 0.4) is 0 Å². The molecule has 1 unspecified atom stereocenters. The molecular weight excluding hydrogens is 226 g/mol. The second-order valence-electron chi connectivity index (χ2n) is 3.59. The number of aliphatic hydroxyl groups excluding tert-OH is 1. The van der Waals surface area contributed by atoms with Crippen molar-refractivity contribution in [2.45, 2.75) is 19.4 Å². The van der Waals surface area contributed by atoms with Gasteiger partial charge in [-0.2, -0.15) is 0 Å². The lowest BCUT2D eigenvalue weighted by molar-refractivity contribution is 0.0819. The number of carbonyl (C=O) groups is 1. The minimum atomic E-state index is -0.416. The highest BCUT2D eigenvalue weighted by Gasteiger charge is 2.29. The van der Waals surface area contributed by atoms with Gasteiger partial charge in [0.25, 0.3) is 5.91 Å². The van der Waals surface area contributed by atoms with E-state index in [0.717, 1.165) is 0 Å². The van der Waals surface area contributed by atoms with Gasteiger partial charge in [-0.15, -0.1) is 0 Å². The first-order valence-electron chi connectivity index (χ1n) is 5.31. The molecule has 0 aromatic carbocycles. The maximum atomic E-state index is 11.7. The van der Waals surface area contributed by atoms with Crippen LogP contribution < -0.4 is 5.32 Å². The van der Waals surface area contributed by atoms with Gasteiger partial charge >= 0.3 is 0 Å². The fourth-order valence-electron chi connectivity index (χ4n) is 1.58. The van der Waals surface area contributed by atoms with Crippen molar-refractivity contribution in [2.75, 3.05) is 13.2 Å². The highest BCUT2D eigenvalue weighted by Crippen LogP contribution is 2.29. The predicted molar refractivity (Wildman–Crippen MR) is 57.5 cm³/mol. The van der Waals surface area contributed by atoms with Crippen LogP contribution in [0, 0.1) is 0 Å². The topological polar surface area (TPSA) is 97.0 Å². The van der Waals surface area contributed by atoms with Gasteiger partial charge in [-0.05, 0) is 6.92 Å². The number of rotatable bonds is 4. The Morgan fingerprint density at radius 3 is 3.18 bits per heavy atom. The van der Waals surface area contributed by atoms with Crippen LogP contribution in [0.1, 0.15) is 35.5 Å². The molecule has 0 saturated heterocycles. The minimum absolute atomic E-state index is 0.154. The highest BCUT2D eigenvalue weighted by atomic mass is 16.6. The van der Waals surface area contributed by atoms with Crippen LogP contribution in [0.4, 0.5) is 0 Å². The Labute approximate surface area is 97.4 Å². The van der Waals surface area contributed by atoms with Crippen LogP contribution in [0.15, 0.2) is 15.9 Å². The third kappa shape index (κ3) is 2.28. The monoisotopic (exact) mass is 239 g/mol. The third-order valence-electron chi connectivity index (χ3n) is 2.41. The molecule has 2 rings (SSSR count). The summed E-state index contributed by atoms with van der Waals surface area (Å²) in [6, 6.07) is 0. The Morgan fingerprint density at radius 2 is 2.53 bits per heavy atom. The van der Waals surface area contributed by atoms with Crippen molar-refractivity contribution < 1.29 is 19.3 Å². The fourth-order valence-corrected chi connectivity index (χ4v) is 1.58. The zero-order valence-electron chi connectivity index (χ0n) is 9.34. The second kappa shape index (κ2) is 4.96. The quantitative estimate of drug-likeness (QED) is 0.784. The number of amides is 1. The maximum Gasteiger partial charge on any atom is 0.273 e. The zero-order valence-corrected chi connectivity index (χ0v) is 9.34. The van der Waals surface area contributed by atoms with Crippen molar-refractivity contribution in [3.63, 3.8) is 0 Å². The molecule has 92 valence electrons. The maximum absolute atomic E-state index is 11.7. The average Bonchev–Trinajstić information content (AvgIpc) is 2.97. The predicted octanol–water partition coefficient (Wildman–Crippen LogP) is 0.234. The van der Waals surface area contributed by atoms with Crippen molar-refractivity contribution in [2.24, 2.45) is 5.16 Å². The van der Waals surface area contributed by atoms with E-state index < -0.39 is 6.10 Å². The number of carbonyl (C=O) groups excluding carboxylic acids is 1. The molecule has 2 N–H and O–H groups in total. The molecule has 7 nitrogen and oxygen atoms in total. The molecule has 17 heavy (non-hydrogen) atoms. The minimum Gasteiger partial charge on any atom is -0.390 e. The van der Waals surface area contributed by atoms with Crippen molar-refractivity contribution in [3.8, 4) is 0 Å². The van der Waals surface area contributed by atoms with Crippen LogP contribution >= 0.6 is 0 Å². The van der Waals surface area contributed by atoms with E-state index in [-0.39, 0.29) is 18.2 Å². The van der Waals surface area contributed by atoms with E-state index in [1.807, 2.05) is 6.92 Å². The first-order valence-corrected chi connectivity index (χ1v) is 5.31. The Hall–Kier alpha value is -1.89. The number of aliphatic hydroxyl groups is 1. The molecule has 1 aromatic heterocycles. The van der Waals surface area contributed by atoms with Crippen molar-refractivity contribution >= 4 is 11.6 Å². The molecule has 0 radical (unpaired) electrons. The van der Waals surface area contributed by atoms with Gasteiger partial charge in [-0.25, -0.2) is 0 Å². The summed E-state index contributed by atoms with van der Waals surface area (Å²) in [6.07, 6.45) is 1.39. The Bertz CT molecular complexity index is 441. The van der Waals surface area contributed by atoms with Gasteiger partial charge < -0.3 is 19.8 Å². The molecule has 1 amide bonds. The number of nitrogens with one attached hydrogen (secondary N) is 1. The van der Waals surface area contributed by atoms with Crippen LogP contribution in [-0.4, -0.2) is 35.0 Å². The van der Waals surface area contributed by atoms with Gasteiger partial charge in [-0.3, -0.25) is 4.79 Å². The largest absolute Gasteiger partial charge is 0.390 e. The van der Waals surface area contributed by atoms with Crippen LogP contribution in [-0.2, 0) is 4.84 Å². The molecular formula is C10H13N3O4. The summed E-state index contributed by atoms with van der Waals surface area (Å²) in [4.78, 5) is 16.8. The SMILES string of the molecule is CCNC(=O)c1nocc1C1CC(CO)=NO1. The Kier molecular flexibility index (Phi) is 3.38. The van der Waals surface area contributed by atoms with Gasteiger partial charge in [0.15, 0.2) is 11.8 Å². The van der Waals surface area contributed by atoms with Crippen molar-refractivity contribution in [1.29, 1.82) is 0 Å². The van der Waals surface area contributed by atoms with Gasteiger partial charge in [-0.1, -0.05) is 10.3 Å². The number of hydrogen-bond donors (Lipinski definition) is 2. The molecule has 1 aromatic rings. The number of hydrogen-bond acceptors (Lipinski definition) is 6. The van der Waals surface area contributed by atoms with E-state index in [1.54, 1.807) is 0 Å². The molecule has 1 atom stereocenters. The van der Waals surface area contributed by atoms with E-state index >= 15 is 0 Å². The summed E-state index contributed by atoms with van der Waals surface area (Å²) in [6.45, 7) is 2.17. The van der Waals surface area contributed by atoms with E-state index in [2.05, 4.69) is 15.6 Å². The van der Waals surface area contributed by atoms with Crippen LogP contribution in [0.2, 0.25) is 0 Å². The summed E-state index contributed by atoms with van der Waals surface area (Å²) in [5.74, 6) is -0.308. The first kappa shape index (κ1) is 11.6. The van der Waals surface area contributed by atoms with E-state index in [0.29, 0.717) is 24.2 Å². The lowest BCUT2D eigenvalue weighted by atomic mass is 10.1. The van der Waals surface area contributed by atoms with Crippen molar-refractivity contribution in [3.05, 3.63) is 17.5 Å². The lowest BCUT2D eigenvalue weighted by Crippen LogP contribution is -2.24. The zero-order chi connectivity index (χ0) is 12.3. The van der Waals surface area contributed by atoms with Gasteiger partial charge in [0.1, 0.15) is 6.26 Å². The van der Waals surface area contributed by atoms with Crippen LogP contribution in [0.5, 0.6) is 0 Å². The van der Waals surface area contributed by atoms with Crippen LogP contribution in [0.25, 0.3) is 0 Å². The fraction of sp³-hybridized carbons (Fsp3) is 0.500. The van der Waals surface area contributed by atoms with Gasteiger partial charge in [0.2, 0.25) is 0 Å². The second-order valence-corrected chi connectivity index (χ2v) is 3.59. The molecule has 2 heterocycles. The molecule has 0 saturated carbocycles. The summed E-state index contributed by atoms with van der Waals surface area (Å²) >= 11 is 0. The smallest absolute Gasteiger partial charge is 0.273 e. The number of oxime groups is 1. The molecule has 0 bridgehead atoms. The Morgan fingerprint density at radius 1 is 1.71 bits per heavy atom. The summed E-state index contributed by atoms with van der Waals surface area (Å²) in [5, 5.41) is 18.9. The third-order valence-corrected chi connectivity index (χ3v) is 2.41. The lowest BCUT2D eigenvalue weighted by Gasteiger charge is -2.06. The van der Waals surface area contributed by atoms with E-state index in [9.17, 15) is 4.79 Å². The highest BCUT2D eigenvalue weighted by molar-refractivity contribution is 5.94. The van der Waals surface area contributed by atoms with E-state index in [1.165, 1.54) is 6.26 Å². The molecule has 1 aliphatic rings. The van der Waals surface area contributed by atoms with Crippen molar-refractivity contribution in [1.82, 2.24) is 10.5 Å². The molecule has 0 aliphatic carbocycles. The average molecular weight is 239 g/mol. The summed E-state index contributed by atoms with van der Waals surface area (Å²) < 4.78 is 4.79. The summed E-state index contributed by atoms with van der Waals surface area (Å²) in [7, 11) is 0. The van der Waals surface area contributed by atoms with E-state index in [4.69, 9.17) is 14.5 Å². The number of aromatic nitrogens is 1. The Balaban J connectivity index is 2.13. The normalized spacial score (nSPS) is 18.7. The van der Waals surface area contributed by atoms with Gasteiger partial charge in [0, 0.05) is 13.0 Å². The standard InChI is InChI=1S/C10H13N3O4/c1-2-11-10(15)9-7(5-16-13-9)8-3-6(4-14)12-17-8/h5,8,14H,2-4H2,1H3,(H,11,15). The molecule has 7 heteroatoms. The molecule has 1 aliphatic heterocycles. The summed E-state index contributed by atoms with van der Waals surface area (Å²) in [5.41, 5.74) is 1.28. The van der Waals surface area contributed by atoms with Gasteiger partial charge in [0.05, 0.1) is 17.9 Å². The first-order chi connectivity index (χ1) is 8.26. The molecule has 0 spiro atoms. The molecule has 0 fully saturated rings.